The Morgan fingerprint density at radius 2 is 1.75 bits per heavy atom. The first-order valence-electron chi connectivity index (χ1n) is 6.23. The zero-order valence-corrected chi connectivity index (χ0v) is 11.3. The predicted octanol–water partition coefficient (Wildman–Crippen LogP) is 2.96. The average molecular weight is 272 g/mol. The molecule has 0 fully saturated rings. The minimum atomic E-state index is -0.445. The van der Waals surface area contributed by atoms with E-state index in [4.69, 9.17) is 14.2 Å². The monoisotopic (exact) mass is 272 g/mol. The van der Waals surface area contributed by atoms with Crippen LogP contribution in [0.2, 0.25) is 0 Å². The summed E-state index contributed by atoms with van der Waals surface area (Å²) in [6.07, 6.45) is 1.13. The fourth-order valence-electron chi connectivity index (χ4n) is 1.78. The fourth-order valence-corrected chi connectivity index (χ4v) is 1.78. The summed E-state index contributed by atoms with van der Waals surface area (Å²) in [7, 11) is 1.64. The van der Waals surface area contributed by atoms with Gasteiger partial charge in [0.15, 0.2) is 0 Å². The molecule has 4 heteroatoms. The number of ether oxygens (including phenoxy) is 3. The molecule has 0 aliphatic carbocycles. The number of methoxy groups -OCH3 is 1. The van der Waals surface area contributed by atoms with E-state index in [1.54, 1.807) is 7.11 Å². The zero-order chi connectivity index (χ0) is 14.4. The zero-order valence-electron chi connectivity index (χ0n) is 11.3. The second-order valence-corrected chi connectivity index (χ2v) is 4.09. The summed E-state index contributed by atoms with van der Waals surface area (Å²) >= 11 is 0. The van der Waals surface area contributed by atoms with Gasteiger partial charge in [0.2, 0.25) is 0 Å². The van der Waals surface area contributed by atoms with Crippen LogP contribution in [0, 0.1) is 0 Å². The van der Waals surface area contributed by atoms with Gasteiger partial charge in [0, 0.05) is 6.08 Å². The maximum absolute atomic E-state index is 10.9. The van der Waals surface area contributed by atoms with Crippen LogP contribution in [-0.4, -0.2) is 26.3 Å². The Bertz CT molecular complexity index is 619. The van der Waals surface area contributed by atoms with Crippen molar-refractivity contribution in [2.45, 2.75) is 0 Å². The van der Waals surface area contributed by atoms with Crippen LogP contribution in [0.4, 0.5) is 0 Å². The standard InChI is InChI=1S/C16H16O4/c1-3-16(17)20-9-8-19-15-7-5-12-10-14(18-2)6-4-13(12)11-15/h3-7,10-11H,1,8-9H2,2H3. The van der Waals surface area contributed by atoms with Gasteiger partial charge in [0.1, 0.15) is 24.7 Å². The lowest BCUT2D eigenvalue weighted by atomic mass is 10.1. The van der Waals surface area contributed by atoms with Gasteiger partial charge in [0.25, 0.3) is 0 Å². The summed E-state index contributed by atoms with van der Waals surface area (Å²) in [5.74, 6) is 1.11. The fraction of sp³-hybridized carbons (Fsp3) is 0.188. The Balaban J connectivity index is 1.97. The van der Waals surface area contributed by atoms with E-state index in [0.717, 1.165) is 28.3 Å². The van der Waals surface area contributed by atoms with Gasteiger partial charge >= 0.3 is 5.97 Å². The van der Waals surface area contributed by atoms with Crippen LogP contribution in [0.5, 0.6) is 11.5 Å². The molecule has 0 N–H and O–H groups in total. The van der Waals surface area contributed by atoms with Crippen molar-refractivity contribution >= 4 is 16.7 Å². The van der Waals surface area contributed by atoms with Crippen LogP contribution in [-0.2, 0) is 9.53 Å². The van der Waals surface area contributed by atoms with Gasteiger partial charge in [-0.1, -0.05) is 18.7 Å². The van der Waals surface area contributed by atoms with Crippen LogP contribution in [0.1, 0.15) is 0 Å². The van der Waals surface area contributed by atoms with E-state index in [2.05, 4.69) is 6.58 Å². The molecule has 0 heterocycles. The van der Waals surface area contributed by atoms with Crippen molar-refractivity contribution in [3.63, 3.8) is 0 Å². The van der Waals surface area contributed by atoms with E-state index >= 15 is 0 Å². The van der Waals surface area contributed by atoms with E-state index in [1.165, 1.54) is 0 Å². The number of fused-ring (bicyclic) bond motifs is 1. The van der Waals surface area contributed by atoms with Gasteiger partial charge in [-0.15, -0.1) is 0 Å². The molecule has 0 radical (unpaired) electrons. The molecule has 2 aromatic carbocycles. The molecule has 104 valence electrons. The number of carbonyl (C=O) groups excluding carboxylic acids is 1. The minimum absolute atomic E-state index is 0.200. The molecule has 0 unspecified atom stereocenters. The van der Waals surface area contributed by atoms with E-state index in [1.807, 2.05) is 36.4 Å². The molecule has 0 aromatic heterocycles. The molecule has 0 bridgehead atoms. The number of carbonyl (C=O) groups is 1. The summed E-state index contributed by atoms with van der Waals surface area (Å²) in [4.78, 5) is 10.9. The van der Waals surface area contributed by atoms with Crippen molar-refractivity contribution in [3.8, 4) is 11.5 Å². The molecule has 0 saturated carbocycles. The molecule has 0 aliphatic rings. The third-order valence-corrected chi connectivity index (χ3v) is 2.78. The van der Waals surface area contributed by atoms with E-state index in [-0.39, 0.29) is 6.61 Å². The quantitative estimate of drug-likeness (QED) is 0.461. The SMILES string of the molecule is C=CC(=O)OCCOc1ccc2cc(OC)ccc2c1. The molecule has 0 atom stereocenters. The highest BCUT2D eigenvalue weighted by Crippen LogP contribution is 2.24. The first-order chi connectivity index (χ1) is 9.72. The van der Waals surface area contributed by atoms with Crippen LogP contribution < -0.4 is 9.47 Å². The van der Waals surface area contributed by atoms with Gasteiger partial charge in [-0.05, 0) is 35.0 Å². The molecule has 0 spiro atoms. The van der Waals surface area contributed by atoms with Gasteiger partial charge in [-0.2, -0.15) is 0 Å². The Labute approximate surface area is 117 Å². The second-order valence-electron chi connectivity index (χ2n) is 4.09. The third-order valence-electron chi connectivity index (χ3n) is 2.78. The Kier molecular flexibility index (Phi) is 4.60. The maximum atomic E-state index is 10.9. The lowest BCUT2D eigenvalue weighted by Crippen LogP contribution is -2.10. The van der Waals surface area contributed by atoms with Gasteiger partial charge in [-0.3, -0.25) is 0 Å². The summed E-state index contributed by atoms with van der Waals surface area (Å²) in [6, 6.07) is 11.6. The van der Waals surface area contributed by atoms with E-state index in [0.29, 0.717) is 6.61 Å². The van der Waals surface area contributed by atoms with Gasteiger partial charge < -0.3 is 14.2 Å². The maximum Gasteiger partial charge on any atom is 0.330 e. The Morgan fingerprint density at radius 1 is 1.10 bits per heavy atom. The smallest absolute Gasteiger partial charge is 0.330 e. The van der Waals surface area contributed by atoms with Crippen LogP contribution >= 0.6 is 0 Å². The van der Waals surface area contributed by atoms with Crippen molar-refractivity contribution in [2.24, 2.45) is 0 Å². The van der Waals surface area contributed by atoms with Gasteiger partial charge in [-0.25, -0.2) is 4.79 Å². The number of rotatable bonds is 6. The van der Waals surface area contributed by atoms with Crippen molar-refractivity contribution in [1.29, 1.82) is 0 Å². The lowest BCUT2D eigenvalue weighted by molar-refractivity contribution is -0.138. The molecule has 0 amide bonds. The first-order valence-corrected chi connectivity index (χ1v) is 6.23. The molecule has 0 aliphatic heterocycles. The molecular weight excluding hydrogens is 256 g/mol. The summed E-state index contributed by atoms with van der Waals surface area (Å²) in [6.45, 7) is 3.83. The first kappa shape index (κ1) is 13.9. The molecule has 20 heavy (non-hydrogen) atoms. The van der Waals surface area contributed by atoms with Crippen LogP contribution in [0.25, 0.3) is 10.8 Å². The Hall–Kier alpha value is -2.49. The average Bonchev–Trinajstić information content (AvgIpc) is 2.50. The lowest BCUT2D eigenvalue weighted by Gasteiger charge is -2.08. The minimum Gasteiger partial charge on any atom is -0.497 e. The molecular formula is C16H16O4. The predicted molar refractivity (Wildman–Crippen MR) is 77.2 cm³/mol. The molecule has 4 nitrogen and oxygen atoms in total. The molecule has 0 saturated heterocycles. The third kappa shape index (κ3) is 3.51. The summed E-state index contributed by atoms with van der Waals surface area (Å²) < 4.78 is 15.5. The largest absolute Gasteiger partial charge is 0.497 e. The van der Waals surface area contributed by atoms with Crippen molar-refractivity contribution < 1.29 is 19.0 Å². The van der Waals surface area contributed by atoms with Crippen molar-refractivity contribution in [3.05, 3.63) is 49.1 Å². The van der Waals surface area contributed by atoms with Crippen molar-refractivity contribution in [1.82, 2.24) is 0 Å². The number of benzene rings is 2. The normalized spacial score (nSPS) is 10.1. The highest BCUT2D eigenvalue weighted by atomic mass is 16.6. The van der Waals surface area contributed by atoms with E-state index < -0.39 is 5.97 Å². The number of esters is 1. The van der Waals surface area contributed by atoms with Crippen LogP contribution in [0.3, 0.4) is 0 Å². The summed E-state index contributed by atoms with van der Waals surface area (Å²) in [5.41, 5.74) is 0. The van der Waals surface area contributed by atoms with E-state index in [9.17, 15) is 4.79 Å². The Morgan fingerprint density at radius 3 is 2.40 bits per heavy atom. The number of hydrogen-bond acceptors (Lipinski definition) is 4. The molecule has 2 aromatic rings. The highest BCUT2D eigenvalue weighted by molar-refractivity contribution is 5.85. The van der Waals surface area contributed by atoms with Crippen LogP contribution in [0.15, 0.2) is 49.1 Å². The molecule has 2 rings (SSSR count). The van der Waals surface area contributed by atoms with Gasteiger partial charge in [0.05, 0.1) is 7.11 Å². The summed E-state index contributed by atoms with van der Waals surface area (Å²) in [5, 5.41) is 2.14. The number of hydrogen-bond donors (Lipinski definition) is 0. The topological polar surface area (TPSA) is 44.8 Å². The van der Waals surface area contributed by atoms with Crippen molar-refractivity contribution in [2.75, 3.05) is 20.3 Å². The second kappa shape index (κ2) is 6.61. The highest BCUT2D eigenvalue weighted by Gasteiger charge is 2.00.